The molecule has 0 atom stereocenters. The highest BCUT2D eigenvalue weighted by atomic mass is 16.3. The zero-order valence-corrected chi connectivity index (χ0v) is 42.0. The van der Waals surface area contributed by atoms with E-state index in [2.05, 4.69) is 236 Å². The van der Waals surface area contributed by atoms with E-state index in [1.807, 2.05) is 0 Å². The summed E-state index contributed by atoms with van der Waals surface area (Å²) in [4.78, 5) is 2.53. The Morgan fingerprint density at radius 2 is 0.903 bits per heavy atom. The van der Waals surface area contributed by atoms with Gasteiger partial charge in [0.15, 0.2) is 0 Å². The zero-order valence-electron chi connectivity index (χ0n) is 42.0. The fraction of sp³-hybridized carbons (Fsp3) is 0.159. The van der Waals surface area contributed by atoms with Gasteiger partial charge in [-0.05, 0) is 135 Å². The van der Waals surface area contributed by atoms with Gasteiger partial charge < -0.3 is 13.7 Å². The highest BCUT2D eigenvalue weighted by Crippen LogP contribution is 2.64. The summed E-state index contributed by atoms with van der Waals surface area (Å²) in [5.74, 6) is 0. The molecule has 0 amide bonds. The molecular weight excluding hydrogens is 875 g/mol. The van der Waals surface area contributed by atoms with Crippen LogP contribution in [0.1, 0.15) is 86.1 Å². The number of hydrogen-bond acceptors (Lipinski definition) is 3. The van der Waals surface area contributed by atoms with Crippen molar-refractivity contribution in [3.8, 4) is 44.5 Å². The van der Waals surface area contributed by atoms with Gasteiger partial charge in [0.1, 0.15) is 22.3 Å². The summed E-state index contributed by atoms with van der Waals surface area (Å²) in [5, 5.41) is 7.16. The number of hydrogen-bond donors (Lipinski definition) is 0. The SMILES string of the molecule is Cc1cc(C)cc(-c2cc3c(c4c2oc2ccccc24)-c2ccc(N(c4ccc5c(c4)C(C)(C)c4c6c(c7oc8ccccc8c7c4-5)-c4ccccc4C6(C)C)c4cccc5ccccc45)cc2C3(C)C)c1. The van der Waals surface area contributed by atoms with E-state index in [9.17, 15) is 0 Å². The van der Waals surface area contributed by atoms with Gasteiger partial charge in [0.2, 0.25) is 0 Å². The average Bonchev–Trinajstić information content (AvgIpc) is 4.13. The Balaban J connectivity index is 0.970. The van der Waals surface area contributed by atoms with Gasteiger partial charge >= 0.3 is 0 Å². The summed E-state index contributed by atoms with van der Waals surface area (Å²) in [7, 11) is 0. The van der Waals surface area contributed by atoms with E-state index in [-0.39, 0.29) is 16.2 Å². The number of nitrogens with zero attached hydrogens (tertiary/aromatic N) is 1. The van der Waals surface area contributed by atoms with Gasteiger partial charge in [-0.3, -0.25) is 0 Å². The third kappa shape index (κ3) is 5.30. The molecule has 0 aliphatic heterocycles. The minimum Gasteiger partial charge on any atom is -0.455 e. The molecule has 72 heavy (non-hydrogen) atoms. The van der Waals surface area contributed by atoms with Crippen LogP contribution in [0.2, 0.25) is 0 Å². The lowest BCUT2D eigenvalue weighted by atomic mass is 9.72. The molecule has 3 aliphatic carbocycles. The van der Waals surface area contributed by atoms with Gasteiger partial charge in [-0.1, -0.05) is 180 Å². The van der Waals surface area contributed by atoms with E-state index in [0.29, 0.717) is 0 Å². The second kappa shape index (κ2) is 14.0. The fourth-order valence-electron chi connectivity index (χ4n) is 14.1. The third-order valence-electron chi connectivity index (χ3n) is 17.2. The number of para-hydroxylation sites is 2. The first-order chi connectivity index (χ1) is 34.8. The minimum absolute atomic E-state index is 0.233. The summed E-state index contributed by atoms with van der Waals surface area (Å²) in [6, 6.07) is 65.6. The Labute approximate surface area is 420 Å². The van der Waals surface area contributed by atoms with E-state index >= 15 is 0 Å². The molecule has 3 heteroatoms. The number of fused-ring (bicyclic) bond motifs is 20. The van der Waals surface area contributed by atoms with Crippen LogP contribution < -0.4 is 4.90 Å². The molecule has 0 bridgehead atoms. The molecule has 0 fully saturated rings. The van der Waals surface area contributed by atoms with Crippen LogP contribution in [-0.4, -0.2) is 0 Å². The van der Waals surface area contributed by atoms with E-state index in [4.69, 9.17) is 8.83 Å². The quantitative estimate of drug-likeness (QED) is 0.176. The molecule has 346 valence electrons. The number of furan rings is 2. The first kappa shape index (κ1) is 41.6. The second-order valence-electron chi connectivity index (χ2n) is 22.5. The normalized spacial score (nSPS) is 15.3. The Kier molecular flexibility index (Phi) is 8.12. The van der Waals surface area contributed by atoms with Gasteiger partial charge in [-0.15, -0.1) is 0 Å². The van der Waals surface area contributed by atoms with Crippen LogP contribution in [0.5, 0.6) is 0 Å². The number of rotatable bonds is 4. The van der Waals surface area contributed by atoms with Gasteiger partial charge in [0, 0.05) is 65.7 Å². The van der Waals surface area contributed by atoms with Crippen molar-refractivity contribution in [2.24, 2.45) is 0 Å². The smallest absolute Gasteiger partial charge is 0.144 e. The minimum atomic E-state index is -0.338. The molecule has 0 saturated carbocycles. The topological polar surface area (TPSA) is 29.5 Å². The van der Waals surface area contributed by atoms with Gasteiger partial charge in [-0.2, -0.15) is 0 Å². The Morgan fingerprint density at radius 3 is 1.61 bits per heavy atom. The Morgan fingerprint density at radius 1 is 0.375 bits per heavy atom. The summed E-state index contributed by atoms with van der Waals surface area (Å²) in [5.41, 5.74) is 26.9. The van der Waals surface area contributed by atoms with Crippen molar-refractivity contribution in [2.45, 2.75) is 71.6 Å². The lowest BCUT2D eigenvalue weighted by Gasteiger charge is -2.32. The van der Waals surface area contributed by atoms with Crippen LogP contribution in [0.4, 0.5) is 17.1 Å². The molecule has 0 saturated heterocycles. The van der Waals surface area contributed by atoms with Crippen molar-refractivity contribution >= 4 is 71.7 Å². The van der Waals surface area contributed by atoms with E-state index in [1.54, 1.807) is 0 Å². The van der Waals surface area contributed by atoms with E-state index in [1.165, 1.54) is 110 Å². The maximum absolute atomic E-state index is 7.01. The van der Waals surface area contributed by atoms with Crippen LogP contribution in [0.3, 0.4) is 0 Å². The second-order valence-corrected chi connectivity index (χ2v) is 22.5. The summed E-state index contributed by atoms with van der Waals surface area (Å²) >= 11 is 0. The molecule has 15 rings (SSSR count). The Bertz CT molecular complexity index is 4370. The number of anilines is 3. The fourth-order valence-corrected chi connectivity index (χ4v) is 14.1. The standard InChI is InChI=1S/C69H53NO2/c1-38-32-39(2)34-41(33-38)50-37-54-58(60-48-22-12-15-26-56(48)71-65(50)60)46-30-28-42(35-52(46)67(54,3)4)70(55-25-17-19-40-18-9-10-20-44(40)55)43-29-31-47-53(36-43)69(7,8)63-59(47)61-49-23-13-16-27-57(49)72-66(61)62-45-21-11-14-24-51(45)68(5,6)64(62)63/h9-37H,1-8H3. The van der Waals surface area contributed by atoms with Crippen molar-refractivity contribution in [1.29, 1.82) is 0 Å². The van der Waals surface area contributed by atoms with Crippen molar-refractivity contribution < 1.29 is 8.83 Å². The lowest BCUT2D eigenvalue weighted by Crippen LogP contribution is -2.24. The molecule has 12 aromatic rings. The van der Waals surface area contributed by atoms with E-state index in [0.717, 1.165) is 50.3 Å². The maximum Gasteiger partial charge on any atom is 0.144 e. The highest BCUT2D eigenvalue weighted by molar-refractivity contribution is 6.22. The highest BCUT2D eigenvalue weighted by Gasteiger charge is 2.49. The lowest BCUT2D eigenvalue weighted by molar-refractivity contribution is 0.600. The molecule has 2 heterocycles. The molecular formula is C69H53NO2. The van der Waals surface area contributed by atoms with Gasteiger partial charge in [0.25, 0.3) is 0 Å². The monoisotopic (exact) mass is 927 g/mol. The van der Waals surface area contributed by atoms with Crippen molar-refractivity contribution in [1.82, 2.24) is 0 Å². The number of aryl methyl sites for hydroxylation is 2. The molecule has 0 unspecified atom stereocenters. The van der Waals surface area contributed by atoms with Gasteiger partial charge in [-0.25, -0.2) is 0 Å². The molecule has 0 spiro atoms. The van der Waals surface area contributed by atoms with Gasteiger partial charge in [0.05, 0.1) is 5.69 Å². The molecule has 10 aromatic carbocycles. The van der Waals surface area contributed by atoms with Crippen molar-refractivity contribution in [3.05, 3.63) is 220 Å². The zero-order chi connectivity index (χ0) is 48.7. The van der Waals surface area contributed by atoms with Crippen LogP contribution in [0.25, 0.3) is 99.2 Å². The summed E-state index contributed by atoms with van der Waals surface area (Å²) in [6.07, 6.45) is 0. The predicted molar refractivity (Wildman–Crippen MR) is 301 cm³/mol. The van der Waals surface area contributed by atoms with Crippen LogP contribution in [-0.2, 0) is 16.2 Å². The number of benzene rings is 10. The molecule has 2 aromatic heterocycles. The average molecular weight is 928 g/mol. The van der Waals surface area contributed by atoms with Crippen molar-refractivity contribution in [2.75, 3.05) is 4.90 Å². The molecule has 3 nitrogen and oxygen atoms in total. The Hall–Kier alpha value is -8.14. The molecule has 3 aliphatic rings. The van der Waals surface area contributed by atoms with E-state index < -0.39 is 0 Å². The third-order valence-corrected chi connectivity index (χ3v) is 17.2. The molecule has 0 N–H and O–H groups in total. The van der Waals surface area contributed by atoms with Crippen LogP contribution >= 0.6 is 0 Å². The first-order valence-electron chi connectivity index (χ1n) is 25.6. The maximum atomic E-state index is 7.01. The largest absolute Gasteiger partial charge is 0.455 e. The first-order valence-corrected chi connectivity index (χ1v) is 25.6. The van der Waals surface area contributed by atoms with Crippen molar-refractivity contribution in [3.63, 3.8) is 0 Å². The predicted octanol–water partition coefficient (Wildman–Crippen LogP) is 19.3. The van der Waals surface area contributed by atoms with Crippen LogP contribution in [0.15, 0.2) is 185 Å². The molecule has 0 radical (unpaired) electrons. The summed E-state index contributed by atoms with van der Waals surface area (Å²) in [6.45, 7) is 18.9. The summed E-state index contributed by atoms with van der Waals surface area (Å²) < 4.78 is 13.9. The van der Waals surface area contributed by atoms with Crippen LogP contribution in [0, 0.1) is 13.8 Å².